The van der Waals surface area contributed by atoms with Crippen LogP contribution in [0.4, 0.5) is 0 Å². The van der Waals surface area contributed by atoms with Gasteiger partial charge in [0.05, 0.1) is 6.04 Å². The lowest BCUT2D eigenvalue weighted by Gasteiger charge is -2.18. The Morgan fingerprint density at radius 2 is 2.06 bits per heavy atom. The number of hydrogen-bond acceptors (Lipinski definition) is 2. The number of aromatic nitrogens is 2. The SMILES string of the molecule is CCCn1ccnc1C(NC)c1ccc(I)cc1. The Labute approximate surface area is 122 Å². The van der Waals surface area contributed by atoms with E-state index in [1.165, 1.54) is 9.13 Å². The highest BCUT2D eigenvalue weighted by molar-refractivity contribution is 14.1. The average Bonchev–Trinajstić information content (AvgIpc) is 2.82. The van der Waals surface area contributed by atoms with Crippen LogP contribution in [0.15, 0.2) is 36.7 Å². The molecule has 18 heavy (non-hydrogen) atoms. The Kier molecular flexibility index (Phi) is 4.77. The summed E-state index contributed by atoms with van der Waals surface area (Å²) in [7, 11) is 1.98. The van der Waals surface area contributed by atoms with E-state index in [9.17, 15) is 0 Å². The van der Waals surface area contributed by atoms with Gasteiger partial charge < -0.3 is 9.88 Å². The summed E-state index contributed by atoms with van der Waals surface area (Å²) in [6.07, 6.45) is 5.05. The van der Waals surface area contributed by atoms with Crippen LogP contribution in [0.1, 0.15) is 30.8 Å². The lowest BCUT2D eigenvalue weighted by molar-refractivity contribution is 0.568. The van der Waals surface area contributed by atoms with E-state index in [-0.39, 0.29) is 6.04 Å². The van der Waals surface area contributed by atoms with E-state index >= 15 is 0 Å². The van der Waals surface area contributed by atoms with Crippen LogP contribution in [0.5, 0.6) is 0 Å². The van der Waals surface area contributed by atoms with Crippen LogP contribution in [0.3, 0.4) is 0 Å². The summed E-state index contributed by atoms with van der Waals surface area (Å²) in [4.78, 5) is 4.50. The minimum Gasteiger partial charge on any atom is -0.333 e. The van der Waals surface area contributed by atoms with Gasteiger partial charge in [-0.2, -0.15) is 0 Å². The van der Waals surface area contributed by atoms with Gasteiger partial charge in [-0.1, -0.05) is 19.1 Å². The third-order valence-electron chi connectivity index (χ3n) is 2.96. The van der Waals surface area contributed by atoms with Crippen molar-refractivity contribution in [2.45, 2.75) is 25.9 Å². The van der Waals surface area contributed by atoms with Crippen LogP contribution >= 0.6 is 22.6 Å². The van der Waals surface area contributed by atoms with Gasteiger partial charge >= 0.3 is 0 Å². The van der Waals surface area contributed by atoms with Crippen LogP contribution in [-0.4, -0.2) is 16.6 Å². The van der Waals surface area contributed by atoms with Crippen LogP contribution in [0.2, 0.25) is 0 Å². The number of nitrogens with zero attached hydrogens (tertiary/aromatic N) is 2. The summed E-state index contributed by atoms with van der Waals surface area (Å²) in [6.45, 7) is 3.20. The minimum atomic E-state index is 0.156. The molecule has 0 amide bonds. The van der Waals surface area contributed by atoms with Crippen molar-refractivity contribution in [3.8, 4) is 0 Å². The summed E-state index contributed by atoms with van der Waals surface area (Å²) in [5.74, 6) is 1.08. The molecule has 0 saturated heterocycles. The molecule has 2 aromatic rings. The van der Waals surface area contributed by atoms with Gasteiger partial charge in [-0.25, -0.2) is 4.98 Å². The van der Waals surface area contributed by atoms with Gasteiger partial charge in [0.1, 0.15) is 5.82 Å². The second kappa shape index (κ2) is 6.33. The maximum Gasteiger partial charge on any atom is 0.130 e. The molecule has 0 saturated carbocycles. The quantitative estimate of drug-likeness (QED) is 0.835. The molecule has 1 aromatic carbocycles. The number of nitrogens with one attached hydrogen (secondary N) is 1. The van der Waals surface area contributed by atoms with Gasteiger partial charge in [-0.3, -0.25) is 0 Å². The molecular formula is C14H18IN3. The summed E-state index contributed by atoms with van der Waals surface area (Å²) in [5.41, 5.74) is 1.25. The van der Waals surface area contributed by atoms with E-state index in [1.807, 2.05) is 13.2 Å². The molecule has 1 unspecified atom stereocenters. The summed E-state index contributed by atoms with van der Waals surface area (Å²) in [6, 6.07) is 8.74. The molecule has 1 N–H and O–H groups in total. The number of benzene rings is 1. The highest BCUT2D eigenvalue weighted by Gasteiger charge is 2.16. The fourth-order valence-corrected chi connectivity index (χ4v) is 2.47. The lowest BCUT2D eigenvalue weighted by atomic mass is 10.1. The van der Waals surface area contributed by atoms with Gasteiger partial charge in [0.2, 0.25) is 0 Å². The summed E-state index contributed by atoms with van der Waals surface area (Å²) >= 11 is 2.32. The van der Waals surface area contributed by atoms with Crippen LogP contribution in [0.25, 0.3) is 0 Å². The third-order valence-corrected chi connectivity index (χ3v) is 3.68. The molecule has 0 spiro atoms. The molecule has 0 aliphatic heterocycles. The number of imidazole rings is 1. The summed E-state index contributed by atoms with van der Waals surface area (Å²) in [5, 5.41) is 3.35. The van der Waals surface area contributed by atoms with Crippen LogP contribution in [-0.2, 0) is 6.54 Å². The molecule has 1 heterocycles. The minimum absolute atomic E-state index is 0.156. The van der Waals surface area contributed by atoms with Crippen molar-refractivity contribution in [1.29, 1.82) is 0 Å². The Hall–Kier alpha value is -0.880. The smallest absolute Gasteiger partial charge is 0.130 e. The molecule has 1 atom stereocenters. The van der Waals surface area contributed by atoms with Crippen LogP contribution < -0.4 is 5.32 Å². The Morgan fingerprint density at radius 3 is 2.67 bits per heavy atom. The van der Waals surface area contributed by atoms with E-state index in [0.717, 1.165) is 18.8 Å². The standard InChI is InChI=1S/C14H18IN3/c1-3-9-18-10-8-17-14(18)13(16-2)11-4-6-12(15)7-5-11/h4-8,10,13,16H,3,9H2,1-2H3. The summed E-state index contributed by atoms with van der Waals surface area (Å²) < 4.78 is 3.47. The van der Waals surface area contributed by atoms with Crippen molar-refractivity contribution in [1.82, 2.24) is 14.9 Å². The number of halogens is 1. The molecule has 0 fully saturated rings. The molecule has 0 aliphatic carbocycles. The van der Waals surface area contributed by atoms with Gasteiger partial charge in [-0.05, 0) is 53.8 Å². The Bertz CT molecular complexity index is 490. The molecule has 0 radical (unpaired) electrons. The van der Waals surface area contributed by atoms with E-state index in [2.05, 4.69) is 74.8 Å². The van der Waals surface area contributed by atoms with Gasteiger partial charge in [0, 0.05) is 22.5 Å². The van der Waals surface area contributed by atoms with Gasteiger partial charge in [0.15, 0.2) is 0 Å². The maximum absolute atomic E-state index is 4.50. The highest BCUT2D eigenvalue weighted by Crippen LogP contribution is 2.21. The lowest BCUT2D eigenvalue weighted by Crippen LogP contribution is -2.22. The first-order valence-electron chi connectivity index (χ1n) is 6.20. The number of rotatable bonds is 5. The van der Waals surface area contributed by atoms with Crippen LogP contribution in [0, 0.1) is 3.57 Å². The average molecular weight is 355 g/mol. The highest BCUT2D eigenvalue weighted by atomic mass is 127. The zero-order valence-corrected chi connectivity index (χ0v) is 12.9. The Morgan fingerprint density at radius 1 is 1.33 bits per heavy atom. The molecular weight excluding hydrogens is 337 g/mol. The van der Waals surface area contributed by atoms with Crippen molar-refractivity contribution >= 4 is 22.6 Å². The zero-order chi connectivity index (χ0) is 13.0. The van der Waals surface area contributed by atoms with Crippen molar-refractivity contribution in [3.05, 3.63) is 51.6 Å². The van der Waals surface area contributed by atoms with Crippen molar-refractivity contribution in [3.63, 3.8) is 0 Å². The topological polar surface area (TPSA) is 29.9 Å². The van der Waals surface area contributed by atoms with E-state index in [0.29, 0.717) is 0 Å². The predicted octanol–water partition coefficient (Wildman–Crippen LogP) is 3.21. The fourth-order valence-electron chi connectivity index (χ4n) is 2.11. The van der Waals surface area contributed by atoms with E-state index < -0.39 is 0 Å². The molecule has 0 bridgehead atoms. The van der Waals surface area contributed by atoms with Crippen molar-refractivity contribution in [2.75, 3.05) is 7.05 Å². The molecule has 2 rings (SSSR count). The molecule has 4 heteroatoms. The number of aryl methyl sites for hydroxylation is 1. The first kappa shape index (κ1) is 13.5. The Balaban J connectivity index is 2.32. The first-order chi connectivity index (χ1) is 8.76. The van der Waals surface area contributed by atoms with Gasteiger partial charge in [0.25, 0.3) is 0 Å². The fraction of sp³-hybridized carbons (Fsp3) is 0.357. The molecule has 1 aromatic heterocycles. The zero-order valence-electron chi connectivity index (χ0n) is 10.7. The molecule has 3 nitrogen and oxygen atoms in total. The second-order valence-electron chi connectivity index (χ2n) is 4.25. The van der Waals surface area contributed by atoms with Crippen molar-refractivity contribution < 1.29 is 0 Å². The largest absolute Gasteiger partial charge is 0.333 e. The predicted molar refractivity (Wildman–Crippen MR) is 82.6 cm³/mol. The van der Waals surface area contributed by atoms with Crippen molar-refractivity contribution in [2.24, 2.45) is 0 Å². The monoisotopic (exact) mass is 355 g/mol. The normalized spacial score (nSPS) is 12.6. The van der Waals surface area contributed by atoms with Gasteiger partial charge in [-0.15, -0.1) is 0 Å². The van der Waals surface area contributed by atoms with E-state index in [4.69, 9.17) is 0 Å². The molecule has 0 aliphatic rings. The second-order valence-corrected chi connectivity index (χ2v) is 5.50. The molecule has 96 valence electrons. The number of hydrogen-bond donors (Lipinski definition) is 1. The first-order valence-corrected chi connectivity index (χ1v) is 7.28. The maximum atomic E-state index is 4.50. The third kappa shape index (κ3) is 2.92. The van der Waals surface area contributed by atoms with E-state index in [1.54, 1.807) is 0 Å².